The van der Waals surface area contributed by atoms with E-state index in [-0.39, 0.29) is 12.3 Å². The molecule has 1 saturated heterocycles. The number of hydrogen-bond donors (Lipinski definition) is 4. The fourth-order valence-electron chi connectivity index (χ4n) is 2.71. The van der Waals surface area contributed by atoms with E-state index in [0.717, 1.165) is 10.2 Å². The number of nitrogens with zero attached hydrogens (tertiary/aromatic N) is 3. The Bertz CT molecular complexity index is 743. The van der Waals surface area contributed by atoms with Crippen molar-refractivity contribution >= 4 is 18.6 Å². The van der Waals surface area contributed by atoms with Gasteiger partial charge >= 0.3 is 5.97 Å². The van der Waals surface area contributed by atoms with Gasteiger partial charge in [-0.3, -0.25) is 0 Å². The van der Waals surface area contributed by atoms with Crippen LogP contribution in [0.25, 0.3) is 0 Å². The molecule has 3 N–H and O–H groups in total. The number of carbonyl (C=O) groups is 1. The fraction of sp³-hybridized carbons (Fsp3) is 0.438. The molecule has 0 bridgehead atoms. The molecule has 1 aromatic heterocycles. The third-order valence-electron chi connectivity index (χ3n) is 4.10. The van der Waals surface area contributed by atoms with Crippen LogP contribution in [0, 0.1) is 0 Å². The second-order valence-electron chi connectivity index (χ2n) is 5.86. The van der Waals surface area contributed by atoms with Crippen LogP contribution in [-0.4, -0.2) is 66.6 Å². The van der Waals surface area contributed by atoms with E-state index in [2.05, 4.69) is 22.9 Å². The minimum absolute atomic E-state index is 0.0666. The molecule has 1 aliphatic heterocycles. The van der Waals surface area contributed by atoms with Crippen molar-refractivity contribution in [3.05, 3.63) is 47.8 Å². The summed E-state index contributed by atoms with van der Waals surface area (Å²) < 4.78 is 11.5. The molecule has 2 heterocycles. The summed E-state index contributed by atoms with van der Waals surface area (Å²) in [6.07, 6.45) is -2.15. The van der Waals surface area contributed by atoms with Gasteiger partial charge in [0.25, 0.3) is 0 Å². The average molecular weight is 381 g/mol. The summed E-state index contributed by atoms with van der Waals surface area (Å²) in [5, 5.41) is 37.3. The maximum atomic E-state index is 12.1. The van der Waals surface area contributed by atoms with Crippen LogP contribution in [0.4, 0.5) is 0 Å². The second-order valence-corrected chi connectivity index (χ2v) is 6.37. The highest BCUT2D eigenvalue weighted by Gasteiger charge is 2.44. The van der Waals surface area contributed by atoms with E-state index in [1.807, 2.05) is 30.3 Å². The van der Waals surface area contributed by atoms with Gasteiger partial charge in [-0.25, -0.2) is 9.48 Å². The molecule has 1 aromatic carbocycles. The number of aliphatic hydroxyl groups excluding tert-OH is 3. The lowest BCUT2D eigenvalue weighted by atomic mass is 9.97. The Morgan fingerprint density at radius 2 is 2.00 bits per heavy atom. The number of rotatable bonds is 5. The van der Waals surface area contributed by atoms with Gasteiger partial charge in [-0.2, -0.15) is 0 Å². The van der Waals surface area contributed by atoms with E-state index in [0.29, 0.717) is 0 Å². The lowest BCUT2D eigenvalue weighted by Crippen LogP contribution is -2.54. The predicted octanol–water partition coefficient (Wildman–Crippen LogP) is -0.455. The lowest BCUT2D eigenvalue weighted by Gasteiger charge is -2.40. The zero-order valence-electron chi connectivity index (χ0n) is 13.6. The molecular weight excluding hydrogens is 362 g/mol. The third-order valence-corrected chi connectivity index (χ3v) is 4.53. The molecule has 140 valence electrons. The van der Waals surface area contributed by atoms with Crippen molar-refractivity contribution in [2.45, 2.75) is 36.4 Å². The Balaban J connectivity index is 1.70. The Labute approximate surface area is 154 Å². The summed E-state index contributed by atoms with van der Waals surface area (Å²) in [6.45, 7) is -0.373. The minimum Gasteiger partial charge on any atom is -0.456 e. The second kappa shape index (κ2) is 8.14. The van der Waals surface area contributed by atoms with Gasteiger partial charge in [0.15, 0.2) is 5.69 Å². The van der Waals surface area contributed by atoms with Gasteiger partial charge in [0.2, 0.25) is 0 Å². The van der Waals surface area contributed by atoms with Crippen molar-refractivity contribution in [1.29, 1.82) is 0 Å². The fourth-order valence-corrected chi connectivity index (χ4v) is 3.04. The molecule has 1 fully saturated rings. The Kier molecular flexibility index (Phi) is 5.89. The highest BCUT2D eigenvalue weighted by molar-refractivity contribution is 7.80. The van der Waals surface area contributed by atoms with Crippen LogP contribution in [0.15, 0.2) is 36.5 Å². The first-order valence-electron chi connectivity index (χ1n) is 7.94. The van der Waals surface area contributed by atoms with Gasteiger partial charge in [0.1, 0.15) is 36.4 Å². The molecule has 5 atom stereocenters. The standard InChI is InChI=1S/C16H19N3O6S/c20-7-11-13(21)12(14(22)16(26)25-11)19-6-10(17-18-19)15(23)24-8-9-4-2-1-3-5-9/h1-6,11-14,16,20-22,26H,7-8H2/t11?,12?,13-,14?,16-/m0/s1. The summed E-state index contributed by atoms with van der Waals surface area (Å²) in [7, 11) is 0. The SMILES string of the molecule is O=C(OCc1ccccc1)c1cn(C2C(O)[C@H](S)OC(CO)[C@@H]2O)nn1. The van der Waals surface area contributed by atoms with Crippen molar-refractivity contribution in [2.24, 2.45) is 0 Å². The Morgan fingerprint density at radius 3 is 2.69 bits per heavy atom. The van der Waals surface area contributed by atoms with E-state index in [1.54, 1.807) is 0 Å². The summed E-state index contributed by atoms with van der Waals surface area (Å²) >= 11 is 4.09. The first-order chi connectivity index (χ1) is 12.5. The summed E-state index contributed by atoms with van der Waals surface area (Å²) in [4.78, 5) is 12.1. The predicted molar refractivity (Wildman–Crippen MR) is 91.4 cm³/mol. The Hall–Kier alpha value is -1.98. The number of benzene rings is 1. The zero-order valence-corrected chi connectivity index (χ0v) is 14.5. The molecule has 0 spiro atoms. The third kappa shape index (κ3) is 3.89. The summed E-state index contributed by atoms with van der Waals surface area (Å²) in [5.74, 6) is -0.683. The van der Waals surface area contributed by atoms with Gasteiger partial charge in [0.05, 0.1) is 12.8 Å². The van der Waals surface area contributed by atoms with Crippen LogP contribution in [0.5, 0.6) is 0 Å². The van der Waals surface area contributed by atoms with Crippen LogP contribution in [0.2, 0.25) is 0 Å². The van der Waals surface area contributed by atoms with Crippen molar-refractivity contribution in [1.82, 2.24) is 15.0 Å². The number of ether oxygens (including phenoxy) is 2. The van der Waals surface area contributed by atoms with Crippen LogP contribution < -0.4 is 0 Å². The molecule has 0 amide bonds. The molecule has 3 unspecified atom stereocenters. The van der Waals surface area contributed by atoms with E-state index in [9.17, 15) is 20.1 Å². The van der Waals surface area contributed by atoms with Gasteiger partial charge in [-0.15, -0.1) is 17.7 Å². The molecule has 0 saturated carbocycles. The van der Waals surface area contributed by atoms with E-state index >= 15 is 0 Å². The van der Waals surface area contributed by atoms with Crippen LogP contribution in [-0.2, 0) is 16.1 Å². The van der Waals surface area contributed by atoms with Crippen molar-refractivity contribution in [2.75, 3.05) is 6.61 Å². The number of hydrogen-bond acceptors (Lipinski definition) is 9. The van der Waals surface area contributed by atoms with Crippen molar-refractivity contribution in [3.63, 3.8) is 0 Å². The molecule has 9 nitrogen and oxygen atoms in total. The smallest absolute Gasteiger partial charge is 0.360 e. The van der Waals surface area contributed by atoms with E-state index in [4.69, 9.17) is 9.47 Å². The van der Waals surface area contributed by atoms with Crippen LogP contribution >= 0.6 is 12.6 Å². The highest BCUT2D eigenvalue weighted by Crippen LogP contribution is 2.31. The molecule has 26 heavy (non-hydrogen) atoms. The van der Waals surface area contributed by atoms with Crippen molar-refractivity contribution < 1.29 is 29.6 Å². The summed E-state index contributed by atoms with van der Waals surface area (Å²) in [5.41, 5.74) is -0.173. The zero-order chi connectivity index (χ0) is 18.7. The average Bonchev–Trinajstić information content (AvgIpc) is 3.13. The number of esters is 1. The first kappa shape index (κ1) is 18.8. The van der Waals surface area contributed by atoms with E-state index < -0.39 is 42.4 Å². The largest absolute Gasteiger partial charge is 0.456 e. The normalized spacial score (nSPS) is 28.7. The minimum atomic E-state index is -1.26. The maximum absolute atomic E-state index is 12.1. The number of carbonyl (C=O) groups excluding carboxylic acids is 1. The number of aromatic nitrogens is 3. The molecular formula is C16H19N3O6S. The van der Waals surface area contributed by atoms with Crippen LogP contribution in [0.3, 0.4) is 0 Å². The quantitative estimate of drug-likeness (QED) is 0.405. The Morgan fingerprint density at radius 1 is 1.27 bits per heavy atom. The van der Waals surface area contributed by atoms with Gasteiger partial charge in [-0.1, -0.05) is 35.5 Å². The number of thiol groups is 1. The molecule has 2 aromatic rings. The van der Waals surface area contributed by atoms with Crippen molar-refractivity contribution in [3.8, 4) is 0 Å². The van der Waals surface area contributed by atoms with Crippen LogP contribution in [0.1, 0.15) is 22.1 Å². The molecule has 10 heteroatoms. The van der Waals surface area contributed by atoms with Gasteiger partial charge in [-0.05, 0) is 5.56 Å². The topological polar surface area (TPSA) is 127 Å². The maximum Gasteiger partial charge on any atom is 0.360 e. The molecule has 1 aliphatic rings. The monoisotopic (exact) mass is 381 g/mol. The first-order valence-corrected chi connectivity index (χ1v) is 8.46. The molecule has 0 radical (unpaired) electrons. The molecule has 0 aliphatic carbocycles. The van der Waals surface area contributed by atoms with Gasteiger partial charge in [0, 0.05) is 0 Å². The summed E-state index contributed by atoms with van der Waals surface area (Å²) in [6, 6.07) is 8.18. The lowest BCUT2D eigenvalue weighted by molar-refractivity contribution is -0.178. The van der Waals surface area contributed by atoms with Gasteiger partial charge < -0.3 is 24.8 Å². The van der Waals surface area contributed by atoms with E-state index in [1.165, 1.54) is 6.20 Å². The molecule has 3 rings (SSSR count). The number of aliphatic hydroxyl groups is 3. The highest BCUT2D eigenvalue weighted by atomic mass is 32.1.